The molecule has 1 heterocycles. The molecule has 0 radical (unpaired) electrons. The molecule has 0 atom stereocenters. The Morgan fingerprint density at radius 3 is 2.62 bits per heavy atom. The van der Waals surface area contributed by atoms with Crippen molar-refractivity contribution in [3.05, 3.63) is 17.8 Å². The van der Waals surface area contributed by atoms with Gasteiger partial charge in [-0.15, -0.1) is 0 Å². The van der Waals surface area contributed by atoms with Crippen LogP contribution in [0.25, 0.3) is 0 Å². The van der Waals surface area contributed by atoms with E-state index in [2.05, 4.69) is 37.1 Å². The fourth-order valence-corrected chi connectivity index (χ4v) is 1.38. The molecule has 0 saturated carbocycles. The zero-order valence-electron chi connectivity index (χ0n) is 10.0. The molecule has 0 fully saturated rings. The first-order valence-corrected chi connectivity index (χ1v) is 5.49. The highest BCUT2D eigenvalue weighted by Crippen LogP contribution is 2.25. The Hall–Kier alpha value is -1.76. The van der Waals surface area contributed by atoms with Gasteiger partial charge in [-0.1, -0.05) is 13.8 Å². The molecule has 4 nitrogen and oxygen atoms in total. The van der Waals surface area contributed by atoms with E-state index in [1.807, 2.05) is 0 Å². The van der Waals surface area contributed by atoms with E-state index in [1.54, 1.807) is 12.3 Å². The SMILES string of the molecule is CCC(C)(CC)Nc1nccc(C#N)c1N. The number of nitriles is 1. The molecule has 1 rings (SSSR count). The Balaban J connectivity index is 3.03. The lowest BCUT2D eigenvalue weighted by Gasteiger charge is -2.29. The molecule has 3 N–H and O–H groups in total. The zero-order chi connectivity index (χ0) is 12.2. The first-order chi connectivity index (χ1) is 7.56. The van der Waals surface area contributed by atoms with Crippen molar-refractivity contribution in [2.24, 2.45) is 0 Å². The molecular weight excluding hydrogens is 200 g/mol. The Morgan fingerprint density at radius 1 is 1.50 bits per heavy atom. The van der Waals surface area contributed by atoms with Gasteiger partial charge in [-0.25, -0.2) is 4.98 Å². The maximum atomic E-state index is 8.87. The summed E-state index contributed by atoms with van der Waals surface area (Å²) in [5, 5.41) is 12.2. The van der Waals surface area contributed by atoms with Gasteiger partial charge in [0.1, 0.15) is 6.07 Å². The van der Waals surface area contributed by atoms with Crippen molar-refractivity contribution >= 4 is 11.5 Å². The van der Waals surface area contributed by atoms with Gasteiger partial charge in [-0.2, -0.15) is 5.26 Å². The number of nitrogens with zero attached hydrogens (tertiary/aromatic N) is 2. The fourth-order valence-electron chi connectivity index (χ4n) is 1.38. The van der Waals surface area contributed by atoms with Crippen LogP contribution in [0.2, 0.25) is 0 Å². The van der Waals surface area contributed by atoms with Crippen molar-refractivity contribution < 1.29 is 0 Å². The summed E-state index contributed by atoms with van der Waals surface area (Å²) < 4.78 is 0. The van der Waals surface area contributed by atoms with Gasteiger partial charge in [0.25, 0.3) is 0 Å². The van der Waals surface area contributed by atoms with E-state index in [4.69, 9.17) is 11.0 Å². The summed E-state index contributed by atoms with van der Waals surface area (Å²) in [6.45, 7) is 6.34. The topological polar surface area (TPSA) is 74.7 Å². The van der Waals surface area contributed by atoms with Crippen LogP contribution in [0.15, 0.2) is 12.3 Å². The van der Waals surface area contributed by atoms with Gasteiger partial charge < -0.3 is 11.1 Å². The number of rotatable bonds is 4. The van der Waals surface area contributed by atoms with Crippen molar-refractivity contribution in [1.82, 2.24) is 4.98 Å². The van der Waals surface area contributed by atoms with Crippen molar-refractivity contribution in [2.75, 3.05) is 11.1 Å². The maximum absolute atomic E-state index is 8.87. The zero-order valence-corrected chi connectivity index (χ0v) is 10.0. The molecule has 86 valence electrons. The lowest BCUT2D eigenvalue weighted by Crippen LogP contribution is -2.33. The van der Waals surface area contributed by atoms with Crippen molar-refractivity contribution in [2.45, 2.75) is 39.2 Å². The Kier molecular flexibility index (Phi) is 3.73. The van der Waals surface area contributed by atoms with E-state index in [-0.39, 0.29) is 5.54 Å². The summed E-state index contributed by atoms with van der Waals surface area (Å²) in [6, 6.07) is 3.67. The summed E-state index contributed by atoms with van der Waals surface area (Å²) in [4.78, 5) is 4.18. The minimum atomic E-state index is -0.0325. The normalized spacial score (nSPS) is 10.9. The highest BCUT2D eigenvalue weighted by atomic mass is 15.1. The van der Waals surface area contributed by atoms with Gasteiger partial charge in [0.05, 0.1) is 11.3 Å². The van der Waals surface area contributed by atoms with Crippen molar-refractivity contribution in [3.8, 4) is 6.07 Å². The molecule has 16 heavy (non-hydrogen) atoms. The van der Waals surface area contributed by atoms with Gasteiger partial charge >= 0.3 is 0 Å². The molecule has 0 amide bonds. The van der Waals surface area contributed by atoms with E-state index in [9.17, 15) is 0 Å². The number of aromatic nitrogens is 1. The quantitative estimate of drug-likeness (QED) is 0.814. The van der Waals surface area contributed by atoms with E-state index in [1.165, 1.54) is 0 Å². The molecule has 0 saturated heterocycles. The molecule has 0 aromatic carbocycles. The van der Waals surface area contributed by atoms with Gasteiger partial charge in [0.2, 0.25) is 0 Å². The third kappa shape index (κ3) is 2.43. The molecule has 0 bridgehead atoms. The Bertz CT molecular complexity index is 402. The number of pyridine rings is 1. The highest BCUT2D eigenvalue weighted by molar-refractivity contribution is 5.69. The molecule has 0 aliphatic heterocycles. The third-order valence-corrected chi connectivity index (χ3v) is 3.09. The fraction of sp³-hybridized carbons (Fsp3) is 0.500. The van der Waals surface area contributed by atoms with Crippen LogP contribution in [0, 0.1) is 11.3 Å². The van der Waals surface area contributed by atoms with Gasteiger partial charge in [-0.05, 0) is 25.8 Å². The van der Waals surface area contributed by atoms with Crippen molar-refractivity contribution in [1.29, 1.82) is 5.26 Å². The second-order valence-corrected chi connectivity index (χ2v) is 4.13. The van der Waals surface area contributed by atoms with Crippen LogP contribution in [0.5, 0.6) is 0 Å². The summed E-state index contributed by atoms with van der Waals surface area (Å²) in [7, 11) is 0. The monoisotopic (exact) mass is 218 g/mol. The lowest BCUT2D eigenvalue weighted by atomic mass is 9.95. The largest absolute Gasteiger partial charge is 0.395 e. The van der Waals surface area contributed by atoms with Crippen molar-refractivity contribution in [3.63, 3.8) is 0 Å². The molecule has 1 aromatic heterocycles. The highest BCUT2D eigenvalue weighted by Gasteiger charge is 2.21. The number of nitrogens with one attached hydrogen (secondary N) is 1. The van der Waals surface area contributed by atoms with Crippen LogP contribution < -0.4 is 11.1 Å². The average molecular weight is 218 g/mol. The number of hydrogen-bond donors (Lipinski definition) is 2. The van der Waals surface area contributed by atoms with Crippen LogP contribution in [0.4, 0.5) is 11.5 Å². The van der Waals surface area contributed by atoms with Gasteiger partial charge in [-0.3, -0.25) is 0 Å². The van der Waals surface area contributed by atoms with Crippen LogP contribution in [-0.2, 0) is 0 Å². The number of hydrogen-bond acceptors (Lipinski definition) is 4. The third-order valence-electron chi connectivity index (χ3n) is 3.09. The smallest absolute Gasteiger partial charge is 0.150 e. The molecule has 0 aliphatic rings. The molecule has 4 heteroatoms. The Labute approximate surface area is 96.5 Å². The minimum Gasteiger partial charge on any atom is -0.395 e. The van der Waals surface area contributed by atoms with Gasteiger partial charge in [0, 0.05) is 11.7 Å². The standard InChI is InChI=1S/C12H18N4/c1-4-12(3,5-2)16-11-10(14)9(8-13)6-7-15-11/h6-7H,4-5,14H2,1-3H3,(H,15,16). The van der Waals surface area contributed by atoms with E-state index >= 15 is 0 Å². The second kappa shape index (κ2) is 4.84. The number of nitrogens with two attached hydrogens (primary N) is 1. The molecule has 0 aliphatic carbocycles. The molecule has 0 unspecified atom stereocenters. The summed E-state index contributed by atoms with van der Waals surface area (Å²) in [5.74, 6) is 0.602. The minimum absolute atomic E-state index is 0.0325. The predicted molar refractivity (Wildman–Crippen MR) is 66.0 cm³/mol. The summed E-state index contributed by atoms with van der Waals surface area (Å²) in [5.41, 5.74) is 6.72. The first kappa shape index (κ1) is 12.3. The Morgan fingerprint density at radius 2 is 2.12 bits per heavy atom. The predicted octanol–water partition coefficient (Wildman–Crippen LogP) is 2.53. The summed E-state index contributed by atoms with van der Waals surface area (Å²) in [6.07, 6.45) is 3.55. The van der Waals surface area contributed by atoms with E-state index in [0.717, 1.165) is 12.8 Å². The van der Waals surface area contributed by atoms with Crippen LogP contribution >= 0.6 is 0 Å². The average Bonchev–Trinajstić information content (AvgIpc) is 2.32. The van der Waals surface area contributed by atoms with Crippen LogP contribution in [-0.4, -0.2) is 10.5 Å². The van der Waals surface area contributed by atoms with Crippen LogP contribution in [0.1, 0.15) is 39.2 Å². The maximum Gasteiger partial charge on any atom is 0.150 e. The molecule has 1 aromatic rings. The lowest BCUT2D eigenvalue weighted by molar-refractivity contribution is 0.477. The van der Waals surface area contributed by atoms with Crippen LogP contribution in [0.3, 0.4) is 0 Å². The number of anilines is 2. The summed E-state index contributed by atoms with van der Waals surface area (Å²) >= 11 is 0. The van der Waals surface area contributed by atoms with E-state index < -0.39 is 0 Å². The second-order valence-electron chi connectivity index (χ2n) is 4.13. The first-order valence-electron chi connectivity index (χ1n) is 5.49. The molecule has 0 spiro atoms. The molecular formula is C12H18N4. The van der Waals surface area contributed by atoms with Gasteiger partial charge in [0.15, 0.2) is 5.82 Å². The van der Waals surface area contributed by atoms with E-state index in [0.29, 0.717) is 17.1 Å². The number of nitrogen functional groups attached to an aromatic ring is 1.